The van der Waals surface area contributed by atoms with Crippen LogP contribution in [0.1, 0.15) is 42.2 Å². The van der Waals surface area contributed by atoms with E-state index in [0.717, 1.165) is 42.0 Å². The fourth-order valence-electron chi connectivity index (χ4n) is 3.79. The molecule has 2 aromatic carbocycles. The average molecular weight is 437 g/mol. The number of fused-ring (bicyclic) bond motifs is 1. The Morgan fingerprint density at radius 1 is 1.13 bits per heavy atom. The molecule has 7 heteroatoms. The minimum atomic E-state index is -0.175. The van der Waals surface area contributed by atoms with E-state index in [9.17, 15) is 9.59 Å². The summed E-state index contributed by atoms with van der Waals surface area (Å²) in [7, 11) is 0. The number of nitrogens with zero attached hydrogens (tertiary/aromatic N) is 2. The standard InChI is InChI=1S/C24H28N4O2S/c1-17-9-12-28(13-10-17)15-21-16-31-24(26-21)27-22(29)8-11-25-23(30)20-7-6-18-4-2-3-5-19(18)14-20/h2-7,14,16-17H,8-13,15H2,1H3,(H,25,30)(H,26,27,29). The molecule has 162 valence electrons. The van der Waals surface area contributed by atoms with Gasteiger partial charge in [0.1, 0.15) is 0 Å². The van der Waals surface area contributed by atoms with Crippen LogP contribution in [-0.2, 0) is 11.3 Å². The Labute approximate surface area is 186 Å². The first-order valence-corrected chi connectivity index (χ1v) is 11.7. The lowest BCUT2D eigenvalue weighted by molar-refractivity contribution is -0.116. The van der Waals surface area contributed by atoms with Gasteiger partial charge in [0.2, 0.25) is 5.91 Å². The smallest absolute Gasteiger partial charge is 0.251 e. The molecule has 0 unspecified atom stereocenters. The number of aromatic nitrogens is 1. The quantitative estimate of drug-likeness (QED) is 0.580. The number of hydrogen-bond acceptors (Lipinski definition) is 5. The van der Waals surface area contributed by atoms with Crippen LogP contribution in [0.5, 0.6) is 0 Å². The van der Waals surface area contributed by atoms with Crippen molar-refractivity contribution >= 4 is 39.1 Å². The Bertz CT molecular complexity index is 1060. The lowest BCUT2D eigenvalue weighted by atomic mass is 9.99. The zero-order valence-corrected chi connectivity index (χ0v) is 18.6. The third-order valence-corrected chi connectivity index (χ3v) is 6.52. The van der Waals surface area contributed by atoms with Gasteiger partial charge in [0.25, 0.3) is 5.91 Å². The van der Waals surface area contributed by atoms with Crippen LogP contribution < -0.4 is 10.6 Å². The van der Waals surface area contributed by atoms with Gasteiger partial charge in [-0.05, 0) is 54.8 Å². The number of rotatable bonds is 7. The van der Waals surface area contributed by atoms with Crippen LogP contribution in [0.4, 0.5) is 5.13 Å². The van der Waals surface area contributed by atoms with E-state index in [1.54, 1.807) is 6.07 Å². The topological polar surface area (TPSA) is 74.3 Å². The number of amides is 2. The summed E-state index contributed by atoms with van der Waals surface area (Å²) in [5, 5.41) is 10.4. The minimum absolute atomic E-state index is 0.147. The summed E-state index contributed by atoms with van der Waals surface area (Å²) < 4.78 is 0. The van der Waals surface area contributed by atoms with E-state index in [1.165, 1.54) is 24.2 Å². The molecular weight excluding hydrogens is 408 g/mol. The molecule has 4 rings (SSSR count). The lowest BCUT2D eigenvalue weighted by Crippen LogP contribution is -2.32. The van der Waals surface area contributed by atoms with E-state index in [1.807, 2.05) is 41.8 Å². The largest absolute Gasteiger partial charge is 0.352 e. The van der Waals surface area contributed by atoms with Crippen LogP contribution in [0.15, 0.2) is 47.8 Å². The third kappa shape index (κ3) is 5.89. The summed E-state index contributed by atoms with van der Waals surface area (Å²) >= 11 is 1.45. The molecule has 2 N–H and O–H groups in total. The molecule has 2 heterocycles. The summed E-state index contributed by atoms with van der Waals surface area (Å²) in [6.45, 7) is 5.63. The first kappa shape index (κ1) is 21.5. The number of nitrogens with one attached hydrogen (secondary N) is 2. The van der Waals surface area contributed by atoms with E-state index in [0.29, 0.717) is 10.7 Å². The summed E-state index contributed by atoms with van der Waals surface area (Å²) in [5.74, 6) is 0.487. The normalized spacial score (nSPS) is 15.1. The van der Waals surface area contributed by atoms with Gasteiger partial charge < -0.3 is 10.6 Å². The average Bonchev–Trinajstić information content (AvgIpc) is 3.21. The molecule has 3 aromatic rings. The maximum Gasteiger partial charge on any atom is 0.251 e. The summed E-state index contributed by atoms with van der Waals surface area (Å²) in [6, 6.07) is 13.5. The van der Waals surface area contributed by atoms with Crippen molar-refractivity contribution in [2.24, 2.45) is 5.92 Å². The van der Waals surface area contributed by atoms with Crippen LogP contribution in [0.2, 0.25) is 0 Å². The molecule has 1 aliphatic rings. The van der Waals surface area contributed by atoms with Crippen LogP contribution in [0, 0.1) is 5.92 Å². The Morgan fingerprint density at radius 3 is 2.71 bits per heavy atom. The highest BCUT2D eigenvalue weighted by molar-refractivity contribution is 7.13. The van der Waals surface area contributed by atoms with Crippen LogP contribution >= 0.6 is 11.3 Å². The minimum Gasteiger partial charge on any atom is -0.352 e. The first-order chi connectivity index (χ1) is 15.1. The van der Waals surface area contributed by atoms with E-state index >= 15 is 0 Å². The van der Waals surface area contributed by atoms with Gasteiger partial charge in [0.15, 0.2) is 5.13 Å². The summed E-state index contributed by atoms with van der Waals surface area (Å²) in [4.78, 5) is 31.6. The highest BCUT2D eigenvalue weighted by Gasteiger charge is 2.17. The number of benzene rings is 2. The van der Waals surface area contributed by atoms with Crippen molar-refractivity contribution in [3.63, 3.8) is 0 Å². The second-order valence-electron chi connectivity index (χ2n) is 8.22. The maximum absolute atomic E-state index is 12.4. The van der Waals surface area contributed by atoms with Crippen molar-refractivity contribution in [1.82, 2.24) is 15.2 Å². The van der Waals surface area contributed by atoms with E-state index in [4.69, 9.17) is 0 Å². The molecule has 1 fully saturated rings. The molecule has 0 bridgehead atoms. The number of thiazole rings is 1. The molecule has 1 saturated heterocycles. The zero-order valence-electron chi connectivity index (χ0n) is 17.8. The Hall–Kier alpha value is -2.77. The SMILES string of the molecule is CC1CCN(Cc2csc(NC(=O)CCNC(=O)c3ccc4ccccc4c3)n2)CC1. The summed E-state index contributed by atoms with van der Waals surface area (Å²) in [6.07, 6.45) is 2.68. The van der Waals surface area contributed by atoms with Gasteiger partial charge in [-0.3, -0.25) is 14.5 Å². The van der Waals surface area contributed by atoms with Gasteiger partial charge in [-0.1, -0.05) is 37.3 Å². The van der Waals surface area contributed by atoms with Crippen molar-refractivity contribution in [1.29, 1.82) is 0 Å². The molecule has 0 saturated carbocycles. The molecule has 2 amide bonds. The first-order valence-electron chi connectivity index (χ1n) is 10.8. The predicted molar refractivity (Wildman–Crippen MR) is 125 cm³/mol. The third-order valence-electron chi connectivity index (χ3n) is 5.71. The Morgan fingerprint density at radius 2 is 1.90 bits per heavy atom. The second-order valence-corrected chi connectivity index (χ2v) is 9.08. The van der Waals surface area contributed by atoms with Gasteiger partial charge >= 0.3 is 0 Å². The Balaban J connectivity index is 1.21. The molecule has 31 heavy (non-hydrogen) atoms. The number of piperidine rings is 1. The zero-order chi connectivity index (χ0) is 21.6. The molecule has 0 spiro atoms. The fourth-order valence-corrected chi connectivity index (χ4v) is 4.51. The van der Waals surface area contributed by atoms with Crippen LogP contribution in [0.25, 0.3) is 10.8 Å². The number of hydrogen-bond donors (Lipinski definition) is 2. The maximum atomic E-state index is 12.4. The van der Waals surface area contributed by atoms with Crippen molar-refractivity contribution < 1.29 is 9.59 Å². The highest BCUT2D eigenvalue weighted by atomic mass is 32.1. The molecular formula is C24H28N4O2S. The lowest BCUT2D eigenvalue weighted by Gasteiger charge is -2.29. The molecule has 0 atom stereocenters. The van der Waals surface area contributed by atoms with E-state index < -0.39 is 0 Å². The van der Waals surface area contributed by atoms with Crippen LogP contribution in [0.3, 0.4) is 0 Å². The van der Waals surface area contributed by atoms with Crippen molar-refractivity contribution in [2.45, 2.75) is 32.7 Å². The van der Waals surface area contributed by atoms with Crippen molar-refractivity contribution in [3.05, 3.63) is 59.1 Å². The fraction of sp³-hybridized carbons (Fsp3) is 0.375. The predicted octanol–water partition coefficient (Wildman–Crippen LogP) is 4.29. The van der Waals surface area contributed by atoms with Gasteiger partial charge in [0.05, 0.1) is 5.69 Å². The van der Waals surface area contributed by atoms with Gasteiger partial charge in [0, 0.05) is 30.5 Å². The van der Waals surface area contributed by atoms with Crippen molar-refractivity contribution in [2.75, 3.05) is 25.0 Å². The monoisotopic (exact) mass is 436 g/mol. The van der Waals surface area contributed by atoms with Gasteiger partial charge in [-0.15, -0.1) is 11.3 Å². The molecule has 1 aliphatic heterocycles. The second kappa shape index (κ2) is 10.0. The Kier molecular flexibility index (Phi) is 6.94. The number of likely N-dealkylation sites (tertiary alicyclic amines) is 1. The van der Waals surface area contributed by atoms with Gasteiger partial charge in [-0.2, -0.15) is 0 Å². The molecule has 1 aromatic heterocycles. The van der Waals surface area contributed by atoms with E-state index in [2.05, 4.69) is 27.4 Å². The van der Waals surface area contributed by atoms with E-state index in [-0.39, 0.29) is 24.8 Å². The number of carbonyl (C=O) groups excluding carboxylic acids is 2. The van der Waals surface area contributed by atoms with Crippen LogP contribution in [-0.4, -0.2) is 41.3 Å². The molecule has 0 radical (unpaired) electrons. The summed E-state index contributed by atoms with van der Waals surface area (Å²) in [5.41, 5.74) is 1.59. The molecule has 0 aliphatic carbocycles. The number of carbonyl (C=O) groups is 2. The van der Waals surface area contributed by atoms with Gasteiger partial charge in [-0.25, -0.2) is 4.98 Å². The highest BCUT2D eigenvalue weighted by Crippen LogP contribution is 2.21. The number of anilines is 1. The van der Waals surface area contributed by atoms with Crippen molar-refractivity contribution in [3.8, 4) is 0 Å². The molecule has 6 nitrogen and oxygen atoms in total.